The van der Waals surface area contributed by atoms with Crippen molar-refractivity contribution >= 4 is 23.6 Å². The van der Waals surface area contributed by atoms with Crippen molar-refractivity contribution in [3.8, 4) is 0 Å². The topological polar surface area (TPSA) is 49.4 Å². The molecular weight excluding hydrogens is 411 g/mol. The third-order valence-electron chi connectivity index (χ3n) is 5.75. The quantitative estimate of drug-likeness (QED) is 0.545. The zero-order valence-electron chi connectivity index (χ0n) is 18.1. The summed E-state index contributed by atoms with van der Waals surface area (Å²) in [5.74, 6) is -0.0581. The van der Waals surface area contributed by atoms with Crippen molar-refractivity contribution in [1.29, 1.82) is 0 Å². The summed E-state index contributed by atoms with van der Waals surface area (Å²) in [6, 6.07) is 15.8. The molecule has 2 amide bonds. The van der Waals surface area contributed by atoms with E-state index >= 15 is 0 Å². The molecule has 0 radical (unpaired) electrons. The summed E-state index contributed by atoms with van der Waals surface area (Å²) < 4.78 is 14.3. The first-order chi connectivity index (χ1) is 15.0. The third-order valence-corrected chi connectivity index (χ3v) is 6.76. The fourth-order valence-electron chi connectivity index (χ4n) is 3.88. The van der Waals surface area contributed by atoms with Crippen molar-refractivity contribution in [3.63, 3.8) is 0 Å². The van der Waals surface area contributed by atoms with E-state index in [9.17, 15) is 14.0 Å². The minimum Gasteiger partial charge on any atom is -0.352 e. The smallest absolute Gasteiger partial charge is 0.242 e. The van der Waals surface area contributed by atoms with Crippen molar-refractivity contribution in [3.05, 3.63) is 66.0 Å². The third kappa shape index (κ3) is 7.10. The Kier molecular flexibility index (Phi) is 8.95. The minimum absolute atomic E-state index is 0.0841. The number of carbonyl (C=O) groups is 2. The molecule has 0 heterocycles. The van der Waals surface area contributed by atoms with Crippen molar-refractivity contribution in [2.75, 3.05) is 5.75 Å². The standard InChI is InChI=1S/C25H31FN2O2S/c1-19(25(30)27-21-11-4-2-5-12-21)28(18-20-10-8-9-15-23(20)26)24(29)16-17-31-22-13-6-3-7-14-22/h3,6-10,13-15,19,21H,2,4-5,11-12,16-18H2,1H3,(H,27,30)/t19-/m1/s1. The summed E-state index contributed by atoms with van der Waals surface area (Å²) in [5.41, 5.74) is 0.420. The van der Waals surface area contributed by atoms with Crippen LogP contribution in [0.15, 0.2) is 59.5 Å². The van der Waals surface area contributed by atoms with Gasteiger partial charge in [-0.15, -0.1) is 11.8 Å². The highest BCUT2D eigenvalue weighted by Gasteiger charge is 2.28. The molecular formula is C25H31FN2O2S. The summed E-state index contributed by atoms with van der Waals surface area (Å²) in [4.78, 5) is 28.6. The van der Waals surface area contributed by atoms with E-state index in [1.165, 1.54) is 17.4 Å². The van der Waals surface area contributed by atoms with Gasteiger partial charge in [0, 0.05) is 35.2 Å². The fraction of sp³-hybridized carbons (Fsp3) is 0.440. The molecule has 0 aliphatic heterocycles. The average Bonchev–Trinajstić information content (AvgIpc) is 2.79. The van der Waals surface area contributed by atoms with Crippen LogP contribution in [0.3, 0.4) is 0 Å². The minimum atomic E-state index is -0.657. The first-order valence-electron chi connectivity index (χ1n) is 11.1. The van der Waals surface area contributed by atoms with Crippen LogP contribution in [0.5, 0.6) is 0 Å². The first kappa shape index (κ1) is 23.3. The van der Waals surface area contributed by atoms with Crippen LogP contribution >= 0.6 is 11.8 Å². The number of halogens is 1. The second-order valence-electron chi connectivity index (χ2n) is 8.04. The molecule has 0 unspecified atom stereocenters. The van der Waals surface area contributed by atoms with Gasteiger partial charge in [0.15, 0.2) is 0 Å². The molecule has 1 aliphatic rings. The first-order valence-corrected chi connectivity index (χ1v) is 12.0. The normalized spacial score (nSPS) is 15.3. The Bertz CT molecular complexity index is 856. The molecule has 0 spiro atoms. The van der Waals surface area contributed by atoms with Gasteiger partial charge in [-0.05, 0) is 38.0 Å². The average molecular weight is 443 g/mol. The molecule has 166 valence electrons. The number of nitrogens with zero attached hydrogens (tertiary/aromatic N) is 1. The van der Waals surface area contributed by atoms with E-state index in [1.807, 2.05) is 30.3 Å². The monoisotopic (exact) mass is 442 g/mol. The summed E-state index contributed by atoms with van der Waals surface area (Å²) >= 11 is 1.60. The van der Waals surface area contributed by atoms with Crippen molar-refractivity contribution < 1.29 is 14.0 Å². The maximum absolute atomic E-state index is 14.3. The molecule has 1 N–H and O–H groups in total. The Morgan fingerprint density at radius 1 is 1.06 bits per heavy atom. The van der Waals surface area contributed by atoms with Crippen molar-refractivity contribution in [2.45, 2.75) is 69.0 Å². The van der Waals surface area contributed by atoms with Crippen LogP contribution < -0.4 is 5.32 Å². The number of amides is 2. The number of rotatable bonds is 9. The highest BCUT2D eigenvalue weighted by atomic mass is 32.2. The Morgan fingerprint density at radius 3 is 2.45 bits per heavy atom. The molecule has 2 aromatic carbocycles. The molecule has 0 bridgehead atoms. The molecule has 2 aromatic rings. The predicted molar refractivity (Wildman–Crippen MR) is 123 cm³/mol. The molecule has 0 aromatic heterocycles. The highest BCUT2D eigenvalue weighted by Crippen LogP contribution is 2.21. The summed E-state index contributed by atoms with van der Waals surface area (Å²) in [6.45, 7) is 1.82. The van der Waals surface area contributed by atoms with E-state index in [4.69, 9.17) is 0 Å². The second kappa shape index (κ2) is 11.9. The molecule has 4 nitrogen and oxygen atoms in total. The molecule has 31 heavy (non-hydrogen) atoms. The van der Waals surface area contributed by atoms with Crippen molar-refractivity contribution in [2.24, 2.45) is 0 Å². The predicted octanol–water partition coefficient (Wildman–Crippen LogP) is 5.17. The van der Waals surface area contributed by atoms with Crippen molar-refractivity contribution in [1.82, 2.24) is 10.2 Å². The Morgan fingerprint density at radius 2 is 1.74 bits per heavy atom. The van der Waals surface area contributed by atoms with E-state index in [2.05, 4.69) is 5.32 Å². The number of nitrogens with one attached hydrogen (secondary N) is 1. The van der Waals surface area contributed by atoms with Gasteiger partial charge in [0.2, 0.25) is 11.8 Å². The summed E-state index contributed by atoms with van der Waals surface area (Å²) in [6.07, 6.45) is 5.69. The van der Waals surface area contributed by atoms with E-state index in [-0.39, 0.29) is 36.6 Å². The van der Waals surface area contributed by atoms with Gasteiger partial charge < -0.3 is 10.2 Å². The van der Waals surface area contributed by atoms with E-state index in [1.54, 1.807) is 36.9 Å². The van der Waals surface area contributed by atoms with Gasteiger partial charge in [-0.25, -0.2) is 4.39 Å². The largest absolute Gasteiger partial charge is 0.352 e. The van der Waals surface area contributed by atoms with Gasteiger partial charge in [-0.3, -0.25) is 9.59 Å². The van der Waals surface area contributed by atoms with Gasteiger partial charge >= 0.3 is 0 Å². The summed E-state index contributed by atoms with van der Waals surface area (Å²) in [7, 11) is 0. The van der Waals surface area contributed by atoms with Crippen LogP contribution in [0.2, 0.25) is 0 Å². The molecule has 1 atom stereocenters. The number of hydrogen-bond acceptors (Lipinski definition) is 3. The van der Waals surface area contributed by atoms with Gasteiger partial charge in [0.05, 0.1) is 0 Å². The maximum atomic E-state index is 14.3. The number of benzene rings is 2. The Labute approximate surface area is 188 Å². The van der Waals surface area contributed by atoms with Crippen LogP contribution in [-0.2, 0) is 16.1 Å². The lowest BCUT2D eigenvalue weighted by molar-refractivity contribution is -0.140. The van der Waals surface area contributed by atoms with Crippen LogP contribution in [0.25, 0.3) is 0 Å². The highest BCUT2D eigenvalue weighted by molar-refractivity contribution is 7.99. The molecule has 3 rings (SSSR count). The van der Waals surface area contributed by atoms with Gasteiger partial charge in [-0.1, -0.05) is 55.7 Å². The maximum Gasteiger partial charge on any atom is 0.242 e. The fourth-order valence-corrected chi connectivity index (χ4v) is 4.74. The summed E-state index contributed by atoms with van der Waals surface area (Å²) in [5, 5.41) is 3.10. The number of carbonyl (C=O) groups excluding carboxylic acids is 2. The lowest BCUT2D eigenvalue weighted by atomic mass is 9.95. The van der Waals surface area contributed by atoms with Crippen LogP contribution in [0.4, 0.5) is 4.39 Å². The molecule has 6 heteroatoms. The lowest BCUT2D eigenvalue weighted by Gasteiger charge is -2.31. The van der Waals surface area contributed by atoms with Crippen LogP contribution in [0.1, 0.15) is 51.0 Å². The molecule has 1 saturated carbocycles. The Hall–Kier alpha value is -2.34. The zero-order valence-corrected chi connectivity index (χ0v) is 18.9. The molecule has 1 fully saturated rings. The molecule has 0 saturated heterocycles. The van der Waals surface area contributed by atoms with Crippen LogP contribution in [-0.4, -0.2) is 34.6 Å². The lowest BCUT2D eigenvalue weighted by Crippen LogP contribution is -2.50. The second-order valence-corrected chi connectivity index (χ2v) is 9.21. The molecule has 1 aliphatic carbocycles. The SMILES string of the molecule is C[C@H](C(=O)NC1CCCCC1)N(Cc1ccccc1F)C(=O)CCSc1ccccc1. The zero-order chi connectivity index (χ0) is 22.1. The van der Waals surface area contributed by atoms with Crippen LogP contribution in [0, 0.1) is 5.82 Å². The van der Waals surface area contributed by atoms with Gasteiger partial charge in [0.1, 0.15) is 11.9 Å². The Balaban J connectivity index is 1.66. The van der Waals surface area contributed by atoms with E-state index in [0.717, 1.165) is 30.6 Å². The van der Waals surface area contributed by atoms with E-state index in [0.29, 0.717) is 11.3 Å². The number of thioether (sulfide) groups is 1. The number of hydrogen-bond donors (Lipinski definition) is 1. The van der Waals surface area contributed by atoms with E-state index < -0.39 is 6.04 Å². The van der Waals surface area contributed by atoms with Gasteiger partial charge in [-0.2, -0.15) is 0 Å². The van der Waals surface area contributed by atoms with Gasteiger partial charge in [0.25, 0.3) is 0 Å².